The number of fused-ring (bicyclic) bond motifs is 1. The van der Waals surface area contributed by atoms with Crippen LogP contribution >= 0.6 is 7.75 Å². The first-order valence-corrected chi connectivity index (χ1v) is 17.9. The second-order valence-electron chi connectivity index (χ2n) is 12.5. The number of nitriles is 1. The number of ether oxygens (including phenoxy) is 5. The molecule has 2 aromatic heterocycles. The zero-order chi connectivity index (χ0) is 37.3. The Morgan fingerprint density at radius 2 is 1.71 bits per heavy atom. The predicted molar refractivity (Wildman–Crippen MR) is 182 cm³/mol. The van der Waals surface area contributed by atoms with Crippen molar-refractivity contribution in [2.45, 2.75) is 71.0 Å². The summed E-state index contributed by atoms with van der Waals surface area (Å²) in [7, 11) is -3.04. The van der Waals surface area contributed by atoms with E-state index in [0.717, 1.165) is 0 Å². The SMILES string of the molecule is COCCCOC(=O)[C@H](C)NP(=O)(OC[C@@]1(C#N)O[C@@H](c2ccc3c(N)ccnn23)[C@H](OC(=O)C(C)C)[C@@H]1OC(=O)C(C)C)Oc1ccccc1. The zero-order valence-corrected chi connectivity index (χ0v) is 30.2. The third-order valence-corrected chi connectivity index (χ3v) is 9.41. The second kappa shape index (κ2) is 17.1. The van der Waals surface area contributed by atoms with Crippen molar-refractivity contribution in [3.8, 4) is 11.8 Å². The molecule has 17 heteroatoms. The van der Waals surface area contributed by atoms with Crippen molar-refractivity contribution in [1.82, 2.24) is 14.7 Å². The molecule has 1 aliphatic heterocycles. The van der Waals surface area contributed by atoms with Gasteiger partial charge in [0.05, 0.1) is 35.3 Å². The van der Waals surface area contributed by atoms with E-state index in [0.29, 0.717) is 29.9 Å². The number of carbonyl (C=O) groups is 3. The molecule has 3 heterocycles. The second-order valence-corrected chi connectivity index (χ2v) is 14.2. The van der Waals surface area contributed by atoms with Crippen LogP contribution in [0.4, 0.5) is 5.69 Å². The van der Waals surface area contributed by atoms with Crippen molar-refractivity contribution in [2.24, 2.45) is 11.8 Å². The molecule has 0 radical (unpaired) electrons. The van der Waals surface area contributed by atoms with Crippen molar-refractivity contribution in [3.05, 3.63) is 60.4 Å². The smallest absolute Gasteiger partial charge is 0.459 e. The summed E-state index contributed by atoms with van der Waals surface area (Å²) in [4.78, 5) is 39.1. The molecular weight excluding hydrogens is 685 g/mol. The quantitative estimate of drug-likeness (QED) is 0.0865. The number of hydrogen-bond donors (Lipinski definition) is 2. The summed E-state index contributed by atoms with van der Waals surface area (Å²) in [6.45, 7) is 7.37. The molecule has 1 unspecified atom stereocenters. The topological polar surface area (TPSA) is 212 Å². The summed E-state index contributed by atoms with van der Waals surface area (Å²) in [5.74, 6) is -3.32. The lowest BCUT2D eigenvalue weighted by Gasteiger charge is -2.31. The molecule has 0 amide bonds. The summed E-state index contributed by atoms with van der Waals surface area (Å²) >= 11 is 0. The number of nitrogens with zero attached hydrogens (tertiary/aromatic N) is 3. The number of para-hydroxylation sites is 1. The molecule has 0 aliphatic carbocycles. The molecular formula is C34H44N5O11P. The number of rotatable bonds is 17. The molecule has 6 atom stereocenters. The number of nitrogens with two attached hydrogens (primary N) is 1. The van der Waals surface area contributed by atoms with E-state index in [-0.39, 0.29) is 12.4 Å². The van der Waals surface area contributed by atoms with E-state index in [2.05, 4.69) is 10.2 Å². The van der Waals surface area contributed by atoms with Crippen LogP contribution in [0, 0.1) is 23.2 Å². The molecule has 276 valence electrons. The molecule has 1 aromatic carbocycles. The van der Waals surface area contributed by atoms with E-state index >= 15 is 0 Å². The van der Waals surface area contributed by atoms with E-state index in [9.17, 15) is 24.2 Å². The molecule has 16 nitrogen and oxygen atoms in total. The zero-order valence-electron chi connectivity index (χ0n) is 29.3. The van der Waals surface area contributed by atoms with Crippen LogP contribution in [0.25, 0.3) is 5.52 Å². The van der Waals surface area contributed by atoms with Gasteiger partial charge in [-0.05, 0) is 37.3 Å². The van der Waals surface area contributed by atoms with Crippen molar-refractivity contribution < 1.29 is 51.7 Å². The number of aromatic nitrogens is 2. The summed E-state index contributed by atoms with van der Waals surface area (Å²) in [5.41, 5.74) is 5.12. The van der Waals surface area contributed by atoms with Crippen LogP contribution in [0.1, 0.15) is 52.8 Å². The van der Waals surface area contributed by atoms with E-state index in [4.69, 9.17) is 38.5 Å². The summed E-state index contributed by atoms with van der Waals surface area (Å²) < 4.78 is 56.0. The predicted octanol–water partition coefficient (Wildman–Crippen LogP) is 4.15. The van der Waals surface area contributed by atoms with E-state index in [1.807, 2.05) is 6.07 Å². The molecule has 1 fully saturated rings. The van der Waals surface area contributed by atoms with Crippen molar-refractivity contribution >= 4 is 36.9 Å². The van der Waals surface area contributed by atoms with Gasteiger partial charge in [-0.25, -0.2) is 9.08 Å². The first-order chi connectivity index (χ1) is 24.2. The third-order valence-electron chi connectivity index (χ3n) is 7.79. The highest BCUT2D eigenvalue weighted by Crippen LogP contribution is 2.50. The van der Waals surface area contributed by atoms with Crippen LogP contribution in [0.2, 0.25) is 0 Å². The normalized spacial score (nSPS) is 21.9. The molecule has 0 bridgehead atoms. The number of methoxy groups -OCH3 is 1. The van der Waals surface area contributed by atoms with E-state index in [1.165, 1.54) is 36.9 Å². The number of nitrogens with one attached hydrogen (secondary N) is 1. The lowest BCUT2D eigenvalue weighted by atomic mass is 9.95. The fraction of sp³-hybridized carbons (Fsp3) is 0.500. The highest BCUT2D eigenvalue weighted by atomic mass is 31.2. The van der Waals surface area contributed by atoms with E-state index in [1.54, 1.807) is 64.1 Å². The Hall–Kier alpha value is -4.52. The minimum Gasteiger partial charge on any atom is -0.464 e. The monoisotopic (exact) mass is 729 g/mol. The summed E-state index contributed by atoms with van der Waals surface area (Å²) in [6.07, 6.45) is -2.38. The van der Waals surface area contributed by atoms with Gasteiger partial charge in [0.15, 0.2) is 12.2 Å². The van der Waals surface area contributed by atoms with Crippen LogP contribution in [-0.4, -0.2) is 78.3 Å². The van der Waals surface area contributed by atoms with Gasteiger partial charge in [-0.15, -0.1) is 0 Å². The Kier molecular flexibility index (Phi) is 13.2. The van der Waals surface area contributed by atoms with Gasteiger partial charge in [0.1, 0.15) is 30.6 Å². The average Bonchev–Trinajstić information content (AvgIpc) is 3.66. The maximum Gasteiger partial charge on any atom is 0.459 e. The number of carbonyl (C=O) groups excluding carboxylic acids is 3. The highest BCUT2D eigenvalue weighted by molar-refractivity contribution is 7.52. The highest BCUT2D eigenvalue weighted by Gasteiger charge is 2.62. The minimum atomic E-state index is -4.56. The third kappa shape index (κ3) is 9.43. The molecule has 4 rings (SSSR count). The van der Waals surface area contributed by atoms with Crippen molar-refractivity contribution in [2.75, 3.05) is 32.7 Å². The van der Waals surface area contributed by atoms with Crippen LogP contribution in [0.15, 0.2) is 54.7 Å². The Labute approximate surface area is 296 Å². The number of benzene rings is 1. The molecule has 1 saturated heterocycles. The van der Waals surface area contributed by atoms with Crippen LogP contribution in [-0.2, 0) is 47.2 Å². The number of anilines is 1. The summed E-state index contributed by atoms with van der Waals surface area (Å²) in [5, 5.41) is 17.7. The number of esters is 3. The Morgan fingerprint density at radius 1 is 1.02 bits per heavy atom. The lowest BCUT2D eigenvalue weighted by Crippen LogP contribution is -2.50. The molecule has 0 saturated carbocycles. The minimum absolute atomic E-state index is 0.0461. The molecule has 3 aromatic rings. The van der Waals surface area contributed by atoms with Crippen molar-refractivity contribution in [1.29, 1.82) is 5.26 Å². The molecule has 51 heavy (non-hydrogen) atoms. The van der Waals surface area contributed by atoms with Gasteiger partial charge in [-0.2, -0.15) is 15.4 Å². The first kappa shape index (κ1) is 39.3. The van der Waals surface area contributed by atoms with Gasteiger partial charge in [0.2, 0.25) is 5.60 Å². The van der Waals surface area contributed by atoms with E-state index < -0.39 is 74.1 Å². The van der Waals surface area contributed by atoms with Gasteiger partial charge >= 0.3 is 25.7 Å². The average molecular weight is 730 g/mol. The lowest BCUT2D eigenvalue weighted by molar-refractivity contribution is -0.173. The molecule has 1 aliphatic rings. The van der Waals surface area contributed by atoms with Gasteiger partial charge < -0.3 is 33.9 Å². The maximum atomic E-state index is 14.4. The Morgan fingerprint density at radius 3 is 2.35 bits per heavy atom. The van der Waals surface area contributed by atoms with Crippen LogP contribution in [0.5, 0.6) is 5.75 Å². The van der Waals surface area contributed by atoms with Crippen LogP contribution in [0.3, 0.4) is 0 Å². The van der Waals surface area contributed by atoms with Gasteiger partial charge in [-0.3, -0.25) is 18.9 Å². The van der Waals surface area contributed by atoms with Gasteiger partial charge in [0.25, 0.3) is 0 Å². The first-order valence-electron chi connectivity index (χ1n) is 16.4. The fourth-order valence-corrected chi connectivity index (χ4v) is 6.54. The van der Waals surface area contributed by atoms with Gasteiger partial charge in [-0.1, -0.05) is 45.9 Å². The number of hydrogen-bond acceptors (Lipinski definition) is 14. The van der Waals surface area contributed by atoms with Crippen molar-refractivity contribution in [3.63, 3.8) is 0 Å². The largest absolute Gasteiger partial charge is 0.464 e. The summed E-state index contributed by atoms with van der Waals surface area (Å²) in [6, 6.07) is 13.7. The van der Waals surface area contributed by atoms with Crippen LogP contribution < -0.4 is 15.3 Å². The fourth-order valence-electron chi connectivity index (χ4n) is 5.02. The van der Waals surface area contributed by atoms with Gasteiger partial charge in [0, 0.05) is 26.3 Å². The Balaban J connectivity index is 1.75. The molecule has 0 spiro atoms. The Bertz CT molecular complexity index is 1760. The number of nitrogen functional groups attached to an aromatic ring is 1. The standard InChI is InChI=1S/C34H44N5O11P/c1-21(2)31(40)47-29-28(27-14-13-26-25(36)15-16-37-39(26)27)49-34(19-35,30(29)48-32(41)22(3)4)20-46-51(43,50-24-11-8-7-9-12-24)38-23(5)33(42)45-18-10-17-44-6/h7-9,11-16,21-23,28-30H,10,17-18,20,36H2,1-6H3,(H,38,43)/t23-,28-,29-,30-,34+,51?/m0/s1. The maximum absolute atomic E-state index is 14.4. The molecule has 3 N–H and O–H groups in total.